The van der Waals surface area contributed by atoms with Crippen molar-refractivity contribution in [1.82, 2.24) is 9.97 Å². The maximum atomic E-state index is 12.8. The van der Waals surface area contributed by atoms with E-state index in [2.05, 4.69) is 9.97 Å². The Morgan fingerprint density at radius 3 is 2.17 bits per heavy atom. The molecule has 0 saturated carbocycles. The molecule has 0 spiro atoms. The molecule has 5 heteroatoms. The van der Waals surface area contributed by atoms with Crippen LogP contribution in [-0.4, -0.2) is 17.1 Å². The number of hydrogen-bond donors (Lipinski definition) is 0. The van der Waals surface area contributed by atoms with Gasteiger partial charge in [0.2, 0.25) is 0 Å². The second kappa shape index (κ2) is 11.5. The Balaban J connectivity index is 0.000000405. The molecule has 134 valence electrons. The van der Waals surface area contributed by atoms with Crippen molar-refractivity contribution in [3.05, 3.63) is 53.1 Å². The molecule has 0 fully saturated rings. The molecule has 0 aliphatic carbocycles. The monoisotopic (exact) mass is 338 g/mol. The van der Waals surface area contributed by atoms with Crippen molar-refractivity contribution in [2.45, 2.75) is 53.9 Å². The van der Waals surface area contributed by atoms with Gasteiger partial charge < -0.3 is 4.74 Å². The third-order valence-corrected chi connectivity index (χ3v) is 3.00. The zero-order valence-electron chi connectivity index (χ0n) is 15.7. The lowest BCUT2D eigenvalue weighted by molar-refractivity contribution is 0.400. The van der Waals surface area contributed by atoms with E-state index >= 15 is 0 Å². The minimum Gasteiger partial charge on any atom is -0.495 e. The number of aromatic nitrogens is 2. The van der Waals surface area contributed by atoms with E-state index in [-0.39, 0.29) is 17.6 Å². The number of aryl methyl sites for hydroxylation is 2. The topological polar surface area (TPSA) is 35.0 Å². The number of ether oxygens (including phenoxy) is 1. The highest BCUT2D eigenvalue weighted by Crippen LogP contribution is 2.23. The van der Waals surface area contributed by atoms with Crippen LogP contribution < -0.4 is 4.74 Å². The molecule has 0 bridgehead atoms. The van der Waals surface area contributed by atoms with Crippen molar-refractivity contribution in [3.63, 3.8) is 0 Å². The van der Waals surface area contributed by atoms with Crippen LogP contribution in [0.25, 0.3) is 0 Å². The number of halogens is 2. The Kier molecular flexibility index (Phi) is 10.5. The quantitative estimate of drug-likeness (QED) is 0.744. The molecule has 0 radical (unpaired) electrons. The lowest BCUT2D eigenvalue weighted by Gasteiger charge is -2.09. The molecule has 0 aliphatic rings. The van der Waals surface area contributed by atoms with Crippen LogP contribution in [0.5, 0.6) is 5.75 Å². The van der Waals surface area contributed by atoms with Crippen LogP contribution in [0.1, 0.15) is 57.5 Å². The molecule has 0 N–H and O–H groups in total. The minimum atomic E-state index is -0.365. The highest BCUT2D eigenvalue weighted by atomic mass is 19.1. The fourth-order valence-corrected chi connectivity index (χ4v) is 1.85. The highest BCUT2D eigenvalue weighted by molar-refractivity contribution is 5.29. The number of methoxy groups -OCH3 is 1. The molecule has 2 rings (SSSR count). The lowest BCUT2D eigenvalue weighted by atomic mass is 10.1. The third-order valence-electron chi connectivity index (χ3n) is 3.00. The predicted molar refractivity (Wildman–Crippen MR) is 94.5 cm³/mol. The van der Waals surface area contributed by atoms with Crippen molar-refractivity contribution >= 4 is 0 Å². The Morgan fingerprint density at radius 2 is 1.71 bits per heavy atom. The maximum Gasteiger partial charge on any atom is 0.145 e. The van der Waals surface area contributed by atoms with Gasteiger partial charge in [0, 0.05) is 12.3 Å². The smallest absolute Gasteiger partial charge is 0.145 e. The average molecular weight is 338 g/mol. The standard InChI is InChI=1S/C9H12FNO.C8H10FN.C2H6/c1-6(2)9-8(12-3)4-7(10)5-11-9;1-3-8-7(9)4-6(2)5-10-8;1-2/h4-6H,1-3H3;4-5H,3H2,1-2H3;1-2H3. The van der Waals surface area contributed by atoms with Crippen molar-refractivity contribution in [2.75, 3.05) is 7.11 Å². The van der Waals surface area contributed by atoms with Crippen LogP contribution >= 0.6 is 0 Å². The lowest BCUT2D eigenvalue weighted by Crippen LogP contribution is -1.98. The van der Waals surface area contributed by atoms with Gasteiger partial charge in [-0.1, -0.05) is 34.6 Å². The molecule has 0 atom stereocenters. The summed E-state index contributed by atoms with van der Waals surface area (Å²) in [7, 11) is 1.52. The summed E-state index contributed by atoms with van der Waals surface area (Å²) in [6, 6.07) is 2.86. The predicted octanol–water partition coefficient (Wildman–Crippen LogP) is 5.47. The van der Waals surface area contributed by atoms with Gasteiger partial charge in [-0.05, 0) is 30.9 Å². The van der Waals surface area contributed by atoms with Crippen LogP contribution in [0.4, 0.5) is 8.78 Å². The SMILES string of the molecule is CC.CCc1ncc(C)cc1F.COc1cc(F)cnc1C(C)C. The summed E-state index contributed by atoms with van der Waals surface area (Å²) in [5.41, 5.74) is 2.21. The fraction of sp³-hybridized carbons (Fsp3) is 0.474. The van der Waals surface area contributed by atoms with E-state index in [1.165, 1.54) is 25.4 Å². The third kappa shape index (κ3) is 7.02. The van der Waals surface area contributed by atoms with E-state index in [4.69, 9.17) is 4.74 Å². The van der Waals surface area contributed by atoms with E-state index in [1.54, 1.807) is 6.20 Å². The molecular weight excluding hydrogens is 310 g/mol. The summed E-state index contributed by atoms with van der Waals surface area (Å²) in [5.74, 6) is 0.212. The molecule has 0 amide bonds. The molecular formula is C19H28F2N2O. The maximum absolute atomic E-state index is 12.8. The van der Waals surface area contributed by atoms with Crippen molar-refractivity contribution in [3.8, 4) is 5.75 Å². The highest BCUT2D eigenvalue weighted by Gasteiger charge is 2.09. The van der Waals surface area contributed by atoms with E-state index in [0.29, 0.717) is 17.9 Å². The zero-order valence-corrected chi connectivity index (χ0v) is 15.7. The Labute approximate surface area is 144 Å². The second-order valence-electron chi connectivity index (χ2n) is 5.19. The second-order valence-corrected chi connectivity index (χ2v) is 5.19. The van der Waals surface area contributed by atoms with Crippen LogP contribution in [0.2, 0.25) is 0 Å². The molecule has 2 aromatic rings. The number of rotatable bonds is 3. The minimum absolute atomic E-state index is 0.192. The summed E-state index contributed by atoms with van der Waals surface area (Å²) in [6.07, 6.45) is 3.55. The van der Waals surface area contributed by atoms with Crippen molar-refractivity contribution in [2.24, 2.45) is 0 Å². The van der Waals surface area contributed by atoms with Crippen LogP contribution in [0.3, 0.4) is 0 Å². The Hall–Kier alpha value is -2.04. The van der Waals surface area contributed by atoms with Crippen LogP contribution in [-0.2, 0) is 6.42 Å². The van der Waals surface area contributed by atoms with Gasteiger partial charge >= 0.3 is 0 Å². The molecule has 2 aromatic heterocycles. The van der Waals surface area contributed by atoms with E-state index < -0.39 is 0 Å². The largest absolute Gasteiger partial charge is 0.495 e. The summed E-state index contributed by atoms with van der Waals surface area (Å²) < 4.78 is 30.4. The van der Waals surface area contributed by atoms with E-state index in [0.717, 1.165) is 11.3 Å². The normalized spacial score (nSPS) is 9.58. The molecule has 0 saturated heterocycles. The van der Waals surface area contributed by atoms with Crippen LogP contribution in [0.15, 0.2) is 24.5 Å². The first kappa shape index (κ1) is 22.0. The van der Waals surface area contributed by atoms with Crippen molar-refractivity contribution < 1.29 is 13.5 Å². The summed E-state index contributed by atoms with van der Waals surface area (Å²) in [4.78, 5) is 7.87. The first-order valence-electron chi connectivity index (χ1n) is 8.19. The van der Waals surface area contributed by atoms with Gasteiger partial charge in [-0.15, -0.1) is 0 Å². The molecule has 0 unspecified atom stereocenters. The first-order chi connectivity index (χ1) is 11.4. The van der Waals surface area contributed by atoms with Gasteiger partial charge in [0.15, 0.2) is 0 Å². The number of nitrogens with zero attached hydrogens (tertiary/aromatic N) is 2. The summed E-state index contributed by atoms with van der Waals surface area (Å²) >= 11 is 0. The van der Waals surface area contributed by atoms with Gasteiger partial charge in [0.05, 0.1) is 24.7 Å². The van der Waals surface area contributed by atoms with Gasteiger partial charge in [0.1, 0.15) is 17.4 Å². The number of hydrogen-bond acceptors (Lipinski definition) is 3. The van der Waals surface area contributed by atoms with Gasteiger partial charge in [-0.3, -0.25) is 9.97 Å². The number of pyridine rings is 2. The Bertz CT molecular complexity index is 616. The zero-order chi connectivity index (χ0) is 18.7. The fourth-order valence-electron chi connectivity index (χ4n) is 1.85. The first-order valence-corrected chi connectivity index (χ1v) is 8.19. The summed E-state index contributed by atoms with van der Waals surface area (Å²) in [6.45, 7) is 11.7. The average Bonchev–Trinajstić information content (AvgIpc) is 2.57. The van der Waals surface area contributed by atoms with Gasteiger partial charge in [0.25, 0.3) is 0 Å². The Morgan fingerprint density at radius 1 is 1.08 bits per heavy atom. The van der Waals surface area contributed by atoms with E-state index in [9.17, 15) is 8.78 Å². The van der Waals surface area contributed by atoms with Crippen LogP contribution in [0, 0.1) is 18.6 Å². The summed E-state index contributed by atoms with van der Waals surface area (Å²) in [5, 5.41) is 0. The molecule has 0 aliphatic heterocycles. The van der Waals surface area contributed by atoms with E-state index in [1.807, 2.05) is 41.5 Å². The van der Waals surface area contributed by atoms with Gasteiger partial charge in [-0.25, -0.2) is 8.78 Å². The van der Waals surface area contributed by atoms with Crippen molar-refractivity contribution in [1.29, 1.82) is 0 Å². The molecule has 2 heterocycles. The van der Waals surface area contributed by atoms with Gasteiger partial charge in [-0.2, -0.15) is 0 Å². The molecule has 3 nitrogen and oxygen atoms in total. The molecule has 0 aromatic carbocycles. The molecule has 24 heavy (non-hydrogen) atoms.